The fraction of sp³-hybridized carbons (Fsp3) is 0.158. The number of hydrogen-bond donors (Lipinski definition) is 1. The van der Waals surface area contributed by atoms with Crippen molar-refractivity contribution < 1.29 is 14.1 Å². The highest BCUT2D eigenvalue weighted by atomic mass is 35.5. The number of aromatic nitrogens is 2. The zero-order valence-electron chi connectivity index (χ0n) is 15.1. The number of carbonyl (C=O) groups is 1. The van der Waals surface area contributed by atoms with Crippen LogP contribution in [0.1, 0.15) is 27.2 Å². The molecular weight excluding hydrogens is 387 g/mol. The molecule has 0 fully saturated rings. The third kappa shape index (κ3) is 4.01. The molecule has 0 radical (unpaired) electrons. The number of carbonyl (C=O) groups excluding carboxylic acids is 1. The van der Waals surface area contributed by atoms with Crippen molar-refractivity contribution in [3.8, 4) is 0 Å². The van der Waals surface area contributed by atoms with E-state index in [9.17, 15) is 19.3 Å². The van der Waals surface area contributed by atoms with Crippen LogP contribution in [0.3, 0.4) is 0 Å². The zero-order valence-corrected chi connectivity index (χ0v) is 15.8. The van der Waals surface area contributed by atoms with Gasteiger partial charge in [0.15, 0.2) is 5.82 Å². The van der Waals surface area contributed by atoms with Crippen LogP contribution in [-0.4, -0.2) is 20.6 Å². The molecule has 0 unspecified atom stereocenters. The summed E-state index contributed by atoms with van der Waals surface area (Å²) < 4.78 is 15.5. The van der Waals surface area contributed by atoms with E-state index in [4.69, 9.17) is 11.6 Å². The van der Waals surface area contributed by atoms with Crippen molar-refractivity contribution in [3.05, 3.63) is 85.8 Å². The molecule has 1 heterocycles. The first kappa shape index (κ1) is 19.5. The van der Waals surface area contributed by atoms with Crippen LogP contribution in [0.25, 0.3) is 0 Å². The molecule has 3 aromatic rings. The maximum absolute atomic E-state index is 14.0. The molecule has 0 bridgehead atoms. The van der Waals surface area contributed by atoms with Gasteiger partial charge < -0.3 is 5.32 Å². The third-order valence-electron chi connectivity index (χ3n) is 4.25. The summed E-state index contributed by atoms with van der Waals surface area (Å²) in [5.41, 5.74) is 1.60. The maximum Gasteiger partial charge on any atom is 0.272 e. The number of rotatable bonds is 5. The second-order valence-electron chi connectivity index (χ2n) is 6.24. The molecule has 1 N–H and O–H groups in total. The van der Waals surface area contributed by atoms with E-state index in [1.54, 1.807) is 26.0 Å². The lowest BCUT2D eigenvalue weighted by molar-refractivity contribution is -0.385. The quantitative estimate of drug-likeness (QED) is 0.502. The van der Waals surface area contributed by atoms with Crippen molar-refractivity contribution in [2.75, 3.05) is 5.32 Å². The van der Waals surface area contributed by atoms with Crippen molar-refractivity contribution >= 4 is 29.0 Å². The van der Waals surface area contributed by atoms with E-state index in [1.807, 2.05) is 0 Å². The average molecular weight is 403 g/mol. The Morgan fingerprint density at radius 2 is 2.04 bits per heavy atom. The Labute approximate surface area is 164 Å². The van der Waals surface area contributed by atoms with Crippen LogP contribution in [0.4, 0.5) is 15.9 Å². The number of nitro groups is 1. The fourth-order valence-electron chi connectivity index (χ4n) is 2.75. The van der Waals surface area contributed by atoms with E-state index in [-0.39, 0.29) is 23.6 Å². The third-order valence-corrected chi connectivity index (χ3v) is 4.60. The van der Waals surface area contributed by atoms with E-state index in [0.717, 1.165) is 0 Å². The molecule has 0 aliphatic rings. The minimum atomic E-state index is -0.504. The normalized spacial score (nSPS) is 10.7. The number of nitrogens with zero attached hydrogens (tertiary/aromatic N) is 3. The molecule has 0 aliphatic heterocycles. The van der Waals surface area contributed by atoms with Gasteiger partial charge in [-0.25, -0.2) is 4.39 Å². The van der Waals surface area contributed by atoms with Crippen LogP contribution in [0.15, 0.2) is 42.5 Å². The van der Waals surface area contributed by atoms with Crippen LogP contribution < -0.4 is 5.32 Å². The lowest BCUT2D eigenvalue weighted by Crippen LogP contribution is -2.13. The molecule has 0 aliphatic carbocycles. The van der Waals surface area contributed by atoms with Crippen molar-refractivity contribution in [1.82, 2.24) is 9.78 Å². The van der Waals surface area contributed by atoms with E-state index < -0.39 is 16.6 Å². The number of halogens is 2. The second kappa shape index (κ2) is 7.77. The van der Waals surface area contributed by atoms with Crippen LogP contribution in [0.2, 0.25) is 5.02 Å². The molecule has 9 heteroatoms. The molecule has 28 heavy (non-hydrogen) atoms. The highest BCUT2D eigenvalue weighted by Crippen LogP contribution is 2.22. The molecule has 0 spiro atoms. The van der Waals surface area contributed by atoms with Gasteiger partial charge in [0.05, 0.1) is 11.5 Å². The van der Waals surface area contributed by atoms with Crippen molar-refractivity contribution in [3.63, 3.8) is 0 Å². The SMILES string of the molecule is Cc1cc(C(=O)Nc2cc(C)n(Cc3c(F)cccc3Cl)n2)ccc1[N+](=O)[O-]. The average Bonchev–Trinajstić information content (AvgIpc) is 2.96. The summed E-state index contributed by atoms with van der Waals surface area (Å²) in [5, 5.41) is 18.1. The summed E-state index contributed by atoms with van der Waals surface area (Å²) in [6.07, 6.45) is 0. The second-order valence-corrected chi connectivity index (χ2v) is 6.65. The van der Waals surface area contributed by atoms with Gasteiger partial charge in [0.2, 0.25) is 0 Å². The van der Waals surface area contributed by atoms with Gasteiger partial charge in [-0.05, 0) is 38.1 Å². The standard InChI is InChI=1S/C19H16ClFN4O3/c1-11-8-13(6-7-17(11)25(27)28)19(26)22-18-9-12(2)24(23-18)10-14-15(20)4-3-5-16(14)21/h3-9H,10H2,1-2H3,(H,22,23,26). The molecular formula is C19H16ClFN4O3. The van der Waals surface area contributed by atoms with E-state index in [0.29, 0.717) is 21.8 Å². The predicted molar refractivity (Wildman–Crippen MR) is 103 cm³/mol. The number of hydrogen-bond acceptors (Lipinski definition) is 4. The van der Waals surface area contributed by atoms with Crippen LogP contribution in [0, 0.1) is 29.8 Å². The van der Waals surface area contributed by atoms with Gasteiger partial charge in [-0.15, -0.1) is 0 Å². The highest BCUT2D eigenvalue weighted by molar-refractivity contribution is 6.31. The molecule has 144 valence electrons. The summed E-state index contributed by atoms with van der Waals surface area (Å²) >= 11 is 6.05. The topological polar surface area (TPSA) is 90.1 Å². The molecule has 2 aromatic carbocycles. The van der Waals surface area contributed by atoms with Crippen LogP contribution in [0.5, 0.6) is 0 Å². The fourth-order valence-corrected chi connectivity index (χ4v) is 2.98. The lowest BCUT2D eigenvalue weighted by atomic mass is 10.1. The van der Waals surface area contributed by atoms with Gasteiger partial charge in [0.1, 0.15) is 5.82 Å². The predicted octanol–water partition coefficient (Wildman–Crippen LogP) is 4.50. The first-order chi connectivity index (χ1) is 13.3. The highest BCUT2D eigenvalue weighted by Gasteiger charge is 2.16. The number of aryl methyl sites for hydroxylation is 2. The number of amides is 1. The molecule has 7 nitrogen and oxygen atoms in total. The minimum absolute atomic E-state index is 0.0570. The lowest BCUT2D eigenvalue weighted by Gasteiger charge is -2.08. The number of anilines is 1. The summed E-state index contributed by atoms with van der Waals surface area (Å²) in [6, 6.07) is 10.2. The summed E-state index contributed by atoms with van der Waals surface area (Å²) in [7, 11) is 0. The summed E-state index contributed by atoms with van der Waals surface area (Å²) in [5.74, 6) is -0.605. The monoisotopic (exact) mass is 402 g/mol. The number of nitrogens with one attached hydrogen (secondary N) is 1. The first-order valence-electron chi connectivity index (χ1n) is 8.30. The minimum Gasteiger partial charge on any atom is -0.305 e. The maximum atomic E-state index is 14.0. The smallest absolute Gasteiger partial charge is 0.272 e. The molecule has 0 saturated heterocycles. The van der Waals surface area contributed by atoms with Crippen LogP contribution >= 0.6 is 11.6 Å². The zero-order chi connectivity index (χ0) is 20.4. The van der Waals surface area contributed by atoms with Gasteiger partial charge in [0, 0.05) is 39.5 Å². The Hall–Kier alpha value is -3.26. The first-order valence-corrected chi connectivity index (χ1v) is 8.68. The van der Waals surface area contributed by atoms with Crippen molar-refractivity contribution in [1.29, 1.82) is 0 Å². The largest absolute Gasteiger partial charge is 0.305 e. The Kier molecular flexibility index (Phi) is 5.41. The van der Waals surface area contributed by atoms with E-state index in [2.05, 4.69) is 10.4 Å². The van der Waals surface area contributed by atoms with E-state index >= 15 is 0 Å². The molecule has 0 saturated carbocycles. The van der Waals surface area contributed by atoms with Gasteiger partial charge in [-0.2, -0.15) is 5.10 Å². The molecule has 3 rings (SSSR count). The van der Waals surface area contributed by atoms with Gasteiger partial charge in [0.25, 0.3) is 11.6 Å². The molecule has 0 atom stereocenters. The van der Waals surface area contributed by atoms with Gasteiger partial charge >= 0.3 is 0 Å². The summed E-state index contributed by atoms with van der Waals surface area (Å²) in [4.78, 5) is 22.8. The Morgan fingerprint density at radius 3 is 2.68 bits per heavy atom. The molecule has 1 amide bonds. The number of nitro benzene ring substituents is 1. The molecule has 1 aromatic heterocycles. The Morgan fingerprint density at radius 1 is 1.29 bits per heavy atom. The van der Waals surface area contributed by atoms with Gasteiger partial charge in [-0.3, -0.25) is 19.6 Å². The van der Waals surface area contributed by atoms with Crippen LogP contribution in [-0.2, 0) is 6.54 Å². The summed E-state index contributed by atoms with van der Waals surface area (Å²) in [6.45, 7) is 3.45. The van der Waals surface area contributed by atoms with Crippen molar-refractivity contribution in [2.24, 2.45) is 0 Å². The van der Waals surface area contributed by atoms with Crippen molar-refractivity contribution in [2.45, 2.75) is 20.4 Å². The van der Waals surface area contributed by atoms with E-state index in [1.165, 1.54) is 35.0 Å². The number of benzene rings is 2. The Balaban J connectivity index is 1.79. The Bertz CT molecular complexity index is 1060. The van der Waals surface area contributed by atoms with Gasteiger partial charge in [-0.1, -0.05) is 17.7 Å².